The van der Waals surface area contributed by atoms with Crippen LogP contribution in [0.5, 0.6) is 0 Å². The van der Waals surface area contributed by atoms with Crippen molar-refractivity contribution in [3.63, 3.8) is 0 Å². The van der Waals surface area contributed by atoms with Crippen LogP contribution in [0.25, 0.3) is 0 Å². The molecule has 4 nitrogen and oxygen atoms in total. The molecule has 0 bridgehead atoms. The Morgan fingerprint density at radius 2 is 1.64 bits per heavy atom. The Balaban J connectivity index is 1.61. The second-order valence-electron chi connectivity index (χ2n) is 6.35. The van der Waals surface area contributed by atoms with Gasteiger partial charge in [0.15, 0.2) is 6.61 Å². The SMILES string of the molecule is Cc1ccc(C(=O)OCC(=O)Nc2ccccc2Sc2ccccc2)c(C)c1. The topological polar surface area (TPSA) is 55.4 Å². The molecular formula is C23H21NO3S. The molecule has 0 atom stereocenters. The highest BCUT2D eigenvalue weighted by Gasteiger charge is 2.14. The van der Waals surface area contributed by atoms with Gasteiger partial charge in [-0.25, -0.2) is 4.79 Å². The van der Waals surface area contributed by atoms with E-state index in [0.717, 1.165) is 20.9 Å². The summed E-state index contributed by atoms with van der Waals surface area (Å²) in [5, 5.41) is 2.82. The van der Waals surface area contributed by atoms with Gasteiger partial charge >= 0.3 is 5.97 Å². The van der Waals surface area contributed by atoms with E-state index in [2.05, 4.69) is 5.32 Å². The second-order valence-corrected chi connectivity index (χ2v) is 7.47. The van der Waals surface area contributed by atoms with E-state index in [4.69, 9.17) is 4.74 Å². The number of rotatable bonds is 6. The molecular weight excluding hydrogens is 370 g/mol. The zero-order chi connectivity index (χ0) is 19.9. The number of ether oxygens (including phenoxy) is 1. The Bertz CT molecular complexity index is 986. The number of esters is 1. The standard InChI is InChI=1S/C23H21NO3S/c1-16-12-13-19(17(2)14-16)23(26)27-15-22(25)24-20-10-6-7-11-21(20)28-18-8-4-3-5-9-18/h3-14H,15H2,1-2H3,(H,24,25). The number of para-hydroxylation sites is 1. The fraction of sp³-hybridized carbons (Fsp3) is 0.130. The number of hydrogen-bond donors (Lipinski definition) is 1. The van der Waals surface area contributed by atoms with Crippen LogP contribution in [0.15, 0.2) is 82.6 Å². The van der Waals surface area contributed by atoms with Gasteiger partial charge < -0.3 is 10.1 Å². The second kappa shape index (κ2) is 9.24. The highest BCUT2D eigenvalue weighted by Crippen LogP contribution is 2.33. The smallest absolute Gasteiger partial charge is 0.338 e. The molecule has 0 heterocycles. The summed E-state index contributed by atoms with van der Waals surface area (Å²) in [6, 6.07) is 22.9. The van der Waals surface area contributed by atoms with E-state index in [-0.39, 0.29) is 12.5 Å². The van der Waals surface area contributed by atoms with Gasteiger partial charge in [0.1, 0.15) is 0 Å². The number of hydrogen-bond acceptors (Lipinski definition) is 4. The number of nitrogens with one attached hydrogen (secondary N) is 1. The largest absolute Gasteiger partial charge is 0.452 e. The van der Waals surface area contributed by atoms with Gasteiger partial charge in [-0.15, -0.1) is 0 Å². The lowest BCUT2D eigenvalue weighted by Crippen LogP contribution is -2.21. The van der Waals surface area contributed by atoms with E-state index in [0.29, 0.717) is 11.3 Å². The van der Waals surface area contributed by atoms with Crippen molar-refractivity contribution in [3.05, 3.63) is 89.5 Å². The Kier molecular flexibility index (Phi) is 6.50. The quantitative estimate of drug-likeness (QED) is 0.583. The molecule has 0 radical (unpaired) electrons. The van der Waals surface area contributed by atoms with E-state index >= 15 is 0 Å². The Labute approximate surface area is 168 Å². The minimum atomic E-state index is -0.500. The summed E-state index contributed by atoms with van der Waals surface area (Å²) < 4.78 is 5.18. The number of carbonyl (C=O) groups is 2. The van der Waals surface area contributed by atoms with Crippen LogP contribution < -0.4 is 5.32 Å². The fourth-order valence-corrected chi connectivity index (χ4v) is 3.63. The van der Waals surface area contributed by atoms with Crippen molar-refractivity contribution in [1.29, 1.82) is 0 Å². The van der Waals surface area contributed by atoms with Crippen molar-refractivity contribution >= 4 is 29.3 Å². The van der Waals surface area contributed by atoms with Crippen molar-refractivity contribution in [3.8, 4) is 0 Å². The maximum absolute atomic E-state index is 12.3. The minimum absolute atomic E-state index is 0.337. The molecule has 142 valence electrons. The van der Waals surface area contributed by atoms with Crippen LogP contribution in [0, 0.1) is 13.8 Å². The first kappa shape index (κ1) is 19.7. The third-order valence-corrected chi connectivity index (χ3v) is 5.15. The number of carbonyl (C=O) groups excluding carboxylic acids is 2. The average Bonchev–Trinajstić information content (AvgIpc) is 2.68. The van der Waals surface area contributed by atoms with Crippen molar-refractivity contribution in [2.24, 2.45) is 0 Å². The molecule has 0 aliphatic carbocycles. The number of benzene rings is 3. The highest BCUT2D eigenvalue weighted by molar-refractivity contribution is 7.99. The van der Waals surface area contributed by atoms with Crippen LogP contribution >= 0.6 is 11.8 Å². The van der Waals surface area contributed by atoms with Gasteiger partial charge in [0.2, 0.25) is 0 Å². The molecule has 0 aliphatic heterocycles. The van der Waals surface area contributed by atoms with Crippen molar-refractivity contribution in [2.75, 3.05) is 11.9 Å². The van der Waals surface area contributed by atoms with Gasteiger partial charge in [0.25, 0.3) is 5.91 Å². The lowest BCUT2D eigenvalue weighted by atomic mass is 10.1. The number of anilines is 1. The minimum Gasteiger partial charge on any atom is -0.452 e. The van der Waals surface area contributed by atoms with Crippen molar-refractivity contribution in [1.82, 2.24) is 0 Å². The van der Waals surface area contributed by atoms with Gasteiger partial charge in [-0.3, -0.25) is 4.79 Å². The predicted molar refractivity (Wildman–Crippen MR) is 112 cm³/mol. The van der Waals surface area contributed by atoms with Crippen molar-refractivity contribution < 1.29 is 14.3 Å². The maximum atomic E-state index is 12.3. The van der Waals surface area contributed by atoms with Crippen LogP contribution in [0.2, 0.25) is 0 Å². The van der Waals surface area contributed by atoms with Crippen LogP contribution in [0.3, 0.4) is 0 Å². The molecule has 0 aliphatic rings. The molecule has 0 saturated carbocycles. The van der Waals surface area contributed by atoms with E-state index < -0.39 is 5.97 Å². The molecule has 0 spiro atoms. The van der Waals surface area contributed by atoms with Crippen LogP contribution in [0.1, 0.15) is 21.5 Å². The fourth-order valence-electron chi connectivity index (χ4n) is 2.71. The Morgan fingerprint density at radius 3 is 2.39 bits per heavy atom. The molecule has 0 saturated heterocycles. The lowest BCUT2D eigenvalue weighted by Gasteiger charge is -2.11. The average molecular weight is 391 g/mol. The lowest BCUT2D eigenvalue weighted by molar-refractivity contribution is -0.119. The normalized spacial score (nSPS) is 10.4. The molecule has 3 rings (SSSR count). The third kappa shape index (κ3) is 5.24. The van der Waals surface area contributed by atoms with Gasteiger partial charge in [0, 0.05) is 9.79 Å². The molecule has 0 aromatic heterocycles. The van der Waals surface area contributed by atoms with Crippen molar-refractivity contribution in [2.45, 2.75) is 23.6 Å². The maximum Gasteiger partial charge on any atom is 0.338 e. The summed E-state index contributed by atoms with van der Waals surface area (Å²) in [4.78, 5) is 26.5. The predicted octanol–water partition coefficient (Wildman–Crippen LogP) is 5.25. The van der Waals surface area contributed by atoms with E-state index in [1.54, 1.807) is 17.8 Å². The first-order chi connectivity index (χ1) is 13.5. The summed E-state index contributed by atoms with van der Waals surface area (Å²) >= 11 is 1.56. The van der Waals surface area contributed by atoms with Crippen LogP contribution in [-0.4, -0.2) is 18.5 Å². The molecule has 0 unspecified atom stereocenters. The zero-order valence-electron chi connectivity index (χ0n) is 15.8. The highest BCUT2D eigenvalue weighted by atomic mass is 32.2. The van der Waals surface area contributed by atoms with Gasteiger partial charge in [-0.05, 0) is 49.7 Å². The molecule has 1 amide bonds. The molecule has 0 fully saturated rings. The zero-order valence-corrected chi connectivity index (χ0v) is 16.6. The van der Waals surface area contributed by atoms with Gasteiger partial charge in [0.05, 0.1) is 11.3 Å². The summed E-state index contributed by atoms with van der Waals surface area (Å²) in [5.74, 6) is -0.876. The first-order valence-corrected chi connectivity index (χ1v) is 9.71. The molecule has 1 N–H and O–H groups in total. The number of amides is 1. The molecule has 5 heteroatoms. The first-order valence-electron chi connectivity index (χ1n) is 8.89. The van der Waals surface area contributed by atoms with Crippen LogP contribution in [0.4, 0.5) is 5.69 Å². The summed E-state index contributed by atoms with van der Waals surface area (Å²) in [7, 11) is 0. The Morgan fingerprint density at radius 1 is 0.929 bits per heavy atom. The molecule has 3 aromatic carbocycles. The molecule has 3 aromatic rings. The molecule has 28 heavy (non-hydrogen) atoms. The van der Waals surface area contributed by atoms with Gasteiger partial charge in [-0.1, -0.05) is 59.8 Å². The summed E-state index contributed by atoms with van der Waals surface area (Å²) in [5.41, 5.74) is 3.05. The number of aryl methyl sites for hydroxylation is 2. The monoisotopic (exact) mass is 391 g/mol. The third-order valence-electron chi connectivity index (χ3n) is 4.07. The van der Waals surface area contributed by atoms with E-state index in [1.165, 1.54) is 0 Å². The van der Waals surface area contributed by atoms with Gasteiger partial charge in [-0.2, -0.15) is 0 Å². The van der Waals surface area contributed by atoms with Crippen LogP contribution in [-0.2, 0) is 9.53 Å². The van der Waals surface area contributed by atoms with E-state index in [9.17, 15) is 9.59 Å². The van der Waals surface area contributed by atoms with E-state index in [1.807, 2.05) is 80.6 Å². The Hall–Kier alpha value is -3.05. The summed E-state index contributed by atoms with van der Waals surface area (Å²) in [6.07, 6.45) is 0. The summed E-state index contributed by atoms with van der Waals surface area (Å²) in [6.45, 7) is 3.47.